The Morgan fingerprint density at radius 2 is 1.95 bits per heavy atom. The van der Waals surface area contributed by atoms with Gasteiger partial charge in [0.05, 0.1) is 13.2 Å². The third-order valence-corrected chi connectivity index (χ3v) is 4.52. The van der Waals surface area contributed by atoms with Crippen molar-refractivity contribution in [2.45, 2.75) is 31.3 Å². The predicted molar refractivity (Wildman–Crippen MR) is 87.1 cm³/mol. The number of nitrogens with zero attached hydrogens (tertiary/aromatic N) is 1. The molecule has 0 bridgehead atoms. The molecule has 0 fully saturated rings. The molecule has 0 amide bonds. The lowest BCUT2D eigenvalue weighted by Gasteiger charge is -2.15. The summed E-state index contributed by atoms with van der Waals surface area (Å²) in [7, 11) is 1.67. The Balaban J connectivity index is 1.98. The van der Waals surface area contributed by atoms with Crippen LogP contribution in [-0.2, 0) is 6.42 Å². The number of aliphatic hydroxyl groups is 1. The third kappa shape index (κ3) is 4.22. The number of hydrogen-bond donors (Lipinski definition) is 1. The normalized spacial score (nSPS) is 12.2. The first-order valence-electron chi connectivity index (χ1n) is 6.96. The molecular formula is C17H21NO2S. The molecular weight excluding hydrogens is 282 g/mol. The first kappa shape index (κ1) is 15.9. The zero-order valence-corrected chi connectivity index (χ0v) is 13.5. The number of pyridine rings is 1. The Labute approximate surface area is 130 Å². The summed E-state index contributed by atoms with van der Waals surface area (Å²) < 4.78 is 5.40. The maximum absolute atomic E-state index is 10.2. The average molecular weight is 303 g/mol. The molecule has 0 aliphatic carbocycles. The number of aromatic nitrogens is 1. The minimum atomic E-state index is -0.422. The van der Waals surface area contributed by atoms with E-state index in [2.05, 4.69) is 17.1 Å². The van der Waals surface area contributed by atoms with E-state index in [0.717, 1.165) is 22.6 Å². The van der Waals surface area contributed by atoms with Crippen LogP contribution in [0.4, 0.5) is 0 Å². The number of benzene rings is 1. The van der Waals surface area contributed by atoms with E-state index in [0.29, 0.717) is 12.2 Å². The van der Waals surface area contributed by atoms with Gasteiger partial charge in [0, 0.05) is 40.1 Å². The van der Waals surface area contributed by atoms with Crippen molar-refractivity contribution in [3.05, 3.63) is 53.3 Å². The summed E-state index contributed by atoms with van der Waals surface area (Å²) in [6.45, 7) is 3.97. The number of aryl methyl sites for hydroxylation is 1. The monoisotopic (exact) mass is 303 g/mol. The fraction of sp³-hybridized carbons (Fsp3) is 0.353. The van der Waals surface area contributed by atoms with E-state index in [1.807, 2.05) is 32.0 Å². The highest BCUT2D eigenvalue weighted by atomic mass is 32.2. The van der Waals surface area contributed by atoms with E-state index in [4.69, 9.17) is 4.74 Å². The van der Waals surface area contributed by atoms with Crippen LogP contribution in [0.25, 0.3) is 0 Å². The van der Waals surface area contributed by atoms with Crippen molar-refractivity contribution in [3.8, 4) is 5.75 Å². The second-order valence-electron chi connectivity index (χ2n) is 5.03. The van der Waals surface area contributed by atoms with E-state index in [1.165, 1.54) is 4.90 Å². The van der Waals surface area contributed by atoms with Gasteiger partial charge in [-0.25, -0.2) is 0 Å². The quantitative estimate of drug-likeness (QED) is 0.831. The first-order chi connectivity index (χ1) is 10.1. The van der Waals surface area contributed by atoms with E-state index in [-0.39, 0.29) is 0 Å². The average Bonchev–Trinajstić information content (AvgIpc) is 2.50. The van der Waals surface area contributed by atoms with E-state index in [9.17, 15) is 5.11 Å². The molecule has 2 aromatic rings. The maximum Gasteiger partial charge on any atom is 0.128 e. The van der Waals surface area contributed by atoms with Gasteiger partial charge in [-0.05, 0) is 26.0 Å². The molecule has 21 heavy (non-hydrogen) atoms. The molecule has 1 aromatic heterocycles. The number of thioether (sulfide) groups is 1. The van der Waals surface area contributed by atoms with Crippen molar-refractivity contribution < 1.29 is 9.84 Å². The van der Waals surface area contributed by atoms with Crippen LogP contribution in [0.5, 0.6) is 5.75 Å². The van der Waals surface area contributed by atoms with Crippen LogP contribution in [0, 0.1) is 13.8 Å². The van der Waals surface area contributed by atoms with Gasteiger partial charge in [0.2, 0.25) is 0 Å². The number of aliphatic hydroxyl groups excluding tert-OH is 1. The molecule has 3 nitrogen and oxygen atoms in total. The van der Waals surface area contributed by atoms with Crippen LogP contribution in [0.2, 0.25) is 0 Å². The Morgan fingerprint density at radius 3 is 2.62 bits per heavy atom. The zero-order valence-electron chi connectivity index (χ0n) is 12.7. The van der Waals surface area contributed by atoms with Crippen LogP contribution in [0.15, 0.2) is 41.4 Å². The minimum Gasteiger partial charge on any atom is -0.496 e. The van der Waals surface area contributed by atoms with Crippen LogP contribution >= 0.6 is 11.8 Å². The van der Waals surface area contributed by atoms with Crippen molar-refractivity contribution in [1.29, 1.82) is 0 Å². The smallest absolute Gasteiger partial charge is 0.128 e. The van der Waals surface area contributed by atoms with E-state index in [1.54, 1.807) is 25.1 Å². The van der Waals surface area contributed by atoms with E-state index < -0.39 is 6.10 Å². The Kier molecular flexibility index (Phi) is 5.65. The lowest BCUT2D eigenvalue weighted by Crippen LogP contribution is -2.16. The fourth-order valence-electron chi connectivity index (χ4n) is 2.27. The molecule has 0 radical (unpaired) electrons. The molecule has 0 saturated heterocycles. The van der Waals surface area contributed by atoms with Gasteiger partial charge in [0.1, 0.15) is 5.75 Å². The molecule has 112 valence electrons. The highest BCUT2D eigenvalue weighted by Crippen LogP contribution is 2.25. The fourth-order valence-corrected chi connectivity index (χ4v) is 3.12. The topological polar surface area (TPSA) is 42.4 Å². The third-order valence-electron chi connectivity index (χ3n) is 3.36. The minimum absolute atomic E-state index is 0.422. The standard InChI is InChI=1S/C17H21NO2S/c1-12-10-18-16(13(2)17(12)20-3)9-14(19)11-21-15-7-5-4-6-8-15/h4-8,10,14,19H,9,11H2,1-3H3. The molecule has 1 N–H and O–H groups in total. The lowest BCUT2D eigenvalue weighted by molar-refractivity contribution is 0.198. The number of rotatable bonds is 6. The molecule has 1 aromatic carbocycles. The molecule has 0 aliphatic heterocycles. The second kappa shape index (κ2) is 7.48. The van der Waals surface area contributed by atoms with Crippen LogP contribution in [0.1, 0.15) is 16.8 Å². The molecule has 1 heterocycles. The van der Waals surface area contributed by atoms with Crippen molar-refractivity contribution in [2.24, 2.45) is 0 Å². The highest BCUT2D eigenvalue weighted by Gasteiger charge is 2.13. The molecule has 4 heteroatoms. The summed E-state index contributed by atoms with van der Waals surface area (Å²) in [6.07, 6.45) is 1.93. The Hall–Kier alpha value is -1.52. The summed E-state index contributed by atoms with van der Waals surface area (Å²) in [5.41, 5.74) is 2.94. The number of hydrogen-bond acceptors (Lipinski definition) is 4. The van der Waals surface area contributed by atoms with Gasteiger partial charge < -0.3 is 9.84 Å². The van der Waals surface area contributed by atoms with Gasteiger partial charge in [0.25, 0.3) is 0 Å². The predicted octanol–water partition coefficient (Wildman–Crippen LogP) is 3.40. The maximum atomic E-state index is 10.2. The zero-order chi connectivity index (χ0) is 15.2. The molecule has 1 unspecified atom stereocenters. The van der Waals surface area contributed by atoms with Gasteiger partial charge >= 0.3 is 0 Å². The molecule has 1 atom stereocenters. The summed E-state index contributed by atoms with van der Waals surface area (Å²) in [6, 6.07) is 10.1. The van der Waals surface area contributed by atoms with Gasteiger partial charge in [0.15, 0.2) is 0 Å². The number of methoxy groups -OCH3 is 1. The summed E-state index contributed by atoms with van der Waals surface area (Å²) >= 11 is 1.66. The Bertz CT molecular complexity index is 587. The molecule has 0 spiro atoms. The Morgan fingerprint density at radius 1 is 1.24 bits per heavy atom. The van der Waals surface area contributed by atoms with Gasteiger partial charge in [-0.3, -0.25) is 4.98 Å². The van der Waals surface area contributed by atoms with Crippen molar-refractivity contribution in [3.63, 3.8) is 0 Å². The van der Waals surface area contributed by atoms with Crippen molar-refractivity contribution in [2.75, 3.05) is 12.9 Å². The second-order valence-corrected chi connectivity index (χ2v) is 6.12. The summed E-state index contributed by atoms with van der Waals surface area (Å²) in [4.78, 5) is 5.60. The van der Waals surface area contributed by atoms with Crippen molar-refractivity contribution in [1.82, 2.24) is 4.98 Å². The largest absolute Gasteiger partial charge is 0.496 e. The highest BCUT2D eigenvalue weighted by molar-refractivity contribution is 7.99. The van der Waals surface area contributed by atoms with E-state index >= 15 is 0 Å². The van der Waals surface area contributed by atoms with Crippen LogP contribution in [-0.4, -0.2) is 29.1 Å². The lowest BCUT2D eigenvalue weighted by atomic mass is 10.1. The molecule has 0 aliphatic rings. The van der Waals surface area contributed by atoms with Gasteiger partial charge in [-0.1, -0.05) is 18.2 Å². The van der Waals surface area contributed by atoms with Gasteiger partial charge in [-0.15, -0.1) is 11.8 Å². The first-order valence-corrected chi connectivity index (χ1v) is 7.95. The molecule has 2 rings (SSSR count). The number of ether oxygens (including phenoxy) is 1. The summed E-state index contributed by atoms with van der Waals surface area (Å²) in [5.74, 6) is 1.52. The summed E-state index contributed by atoms with van der Waals surface area (Å²) in [5, 5.41) is 10.2. The van der Waals surface area contributed by atoms with Gasteiger partial charge in [-0.2, -0.15) is 0 Å². The van der Waals surface area contributed by atoms with Crippen LogP contribution in [0.3, 0.4) is 0 Å². The SMILES string of the molecule is COc1c(C)cnc(CC(O)CSc2ccccc2)c1C. The molecule has 0 saturated carbocycles. The van der Waals surface area contributed by atoms with Crippen LogP contribution < -0.4 is 4.74 Å². The van der Waals surface area contributed by atoms with Crippen molar-refractivity contribution >= 4 is 11.8 Å².